The maximum atomic E-state index is 11.6. The molecule has 6 heteroatoms. The van der Waals surface area contributed by atoms with Crippen LogP contribution in [0.25, 0.3) is 0 Å². The highest BCUT2D eigenvalue weighted by Gasteiger charge is 2.29. The van der Waals surface area contributed by atoms with Crippen molar-refractivity contribution in [1.29, 1.82) is 0 Å². The maximum Gasteiger partial charge on any atom is 0.358 e. The summed E-state index contributed by atoms with van der Waals surface area (Å²) in [4.78, 5) is 21.8. The van der Waals surface area contributed by atoms with Crippen molar-refractivity contribution in [1.82, 2.24) is 9.97 Å². The Labute approximate surface area is 134 Å². The zero-order chi connectivity index (χ0) is 16.2. The smallest absolute Gasteiger partial charge is 0.358 e. The number of hydrogen-bond donors (Lipinski definition) is 1. The number of aliphatic hydroxyl groups is 1. The normalized spacial score (nSPS) is 21.0. The average Bonchev–Trinajstić information content (AvgIpc) is 2.61. The maximum absolute atomic E-state index is 11.6. The van der Waals surface area contributed by atoms with E-state index >= 15 is 0 Å². The molecule has 1 saturated heterocycles. The number of methoxy groups -OCH3 is 1. The second-order valence-corrected chi connectivity index (χ2v) is 5.57. The van der Waals surface area contributed by atoms with Gasteiger partial charge in [0.05, 0.1) is 25.6 Å². The molecule has 0 unspecified atom stereocenters. The number of anilines is 1. The Morgan fingerprint density at radius 1 is 1.30 bits per heavy atom. The molecule has 0 bridgehead atoms. The Bertz CT molecular complexity index is 678. The van der Waals surface area contributed by atoms with Gasteiger partial charge in [-0.15, -0.1) is 0 Å². The van der Waals surface area contributed by atoms with Gasteiger partial charge in [-0.3, -0.25) is 4.98 Å². The van der Waals surface area contributed by atoms with Gasteiger partial charge in [-0.2, -0.15) is 0 Å². The summed E-state index contributed by atoms with van der Waals surface area (Å²) in [7, 11) is 1.31. The van der Waals surface area contributed by atoms with E-state index < -0.39 is 12.1 Å². The highest BCUT2D eigenvalue weighted by molar-refractivity contribution is 5.87. The van der Waals surface area contributed by atoms with Crippen LogP contribution in [0.5, 0.6) is 0 Å². The first-order valence-electron chi connectivity index (χ1n) is 7.57. The number of aliphatic hydroxyl groups excluding tert-OH is 1. The number of ether oxygens (including phenoxy) is 1. The Morgan fingerprint density at radius 3 is 2.78 bits per heavy atom. The molecule has 0 amide bonds. The Hall–Kier alpha value is -2.47. The second-order valence-electron chi connectivity index (χ2n) is 5.57. The lowest BCUT2D eigenvalue weighted by Crippen LogP contribution is -2.43. The highest BCUT2D eigenvalue weighted by atomic mass is 16.5. The SMILES string of the molecule is COC(=O)c1cncc(N2CC[C@@H](c3ccccc3)[C@H](O)C2)n1. The molecule has 1 aliphatic heterocycles. The summed E-state index contributed by atoms with van der Waals surface area (Å²) in [6, 6.07) is 10.0. The largest absolute Gasteiger partial charge is 0.464 e. The lowest BCUT2D eigenvalue weighted by Gasteiger charge is -2.36. The summed E-state index contributed by atoms with van der Waals surface area (Å²) in [5, 5.41) is 10.5. The number of carbonyl (C=O) groups is 1. The fraction of sp³-hybridized carbons (Fsp3) is 0.353. The van der Waals surface area contributed by atoms with Gasteiger partial charge >= 0.3 is 5.97 Å². The molecule has 1 aliphatic rings. The van der Waals surface area contributed by atoms with Crippen LogP contribution in [0.3, 0.4) is 0 Å². The molecule has 120 valence electrons. The molecule has 1 aromatic heterocycles. The van der Waals surface area contributed by atoms with E-state index in [-0.39, 0.29) is 11.6 Å². The summed E-state index contributed by atoms with van der Waals surface area (Å²) in [5.74, 6) is 0.182. The van der Waals surface area contributed by atoms with E-state index in [1.54, 1.807) is 6.20 Å². The summed E-state index contributed by atoms with van der Waals surface area (Å²) < 4.78 is 4.67. The van der Waals surface area contributed by atoms with Crippen molar-refractivity contribution in [2.75, 3.05) is 25.1 Å². The molecule has 0 saturated carbocycles. The number of carbonyl (C=O) groups excluding carboxylic acids is 1. The third kappa shape index (κ3) is 3.32. The van der Waals surface area contributed by atoms with Crippen LogP contribution >= 0.6 is 0 Å². The van der Waals surface area contributed by atoms with Crippen molar-refractivity contribution in [2.45, 2.75) is 18.4 Å². The Balaban J connectivity index is 1.74. The van der Waals surface area contributed by atoms with Gasteiger partial charge in [-0.1, -0.05) is 30.3 Å². The van der Waals surface area contributed by atoms with Crippen LogP contribution < -0.4 is 4.90 Å². The molecule has 6 nitrogen and oxygen atoms in total. The second kappa shape index (κ2) is 6.75. The molecule has 2 heterocycles. The summed E-state index contributed by atoms with van der Waals surface area (Å²) in [6.45, 7) is 1.20. The van der Waals surface area contributed by atoms with Gasteiger partial charge in [-0.05, 0) is 12.0 Å². The Kier molecular flexibility index (Phi) is 4.52. The van der Waals surface area contributed by atoms with Gasteiger partial charge in [0.1, 0.15) is 5.82 Å². The minimum atomic E-state index is -0.515. The fourth-order valence-corrected chi connectivity index (χ4v) is 2.94. The average molecular weight is 313 g/mol. The molecule has 1 aromatic carbocycles. The van der Waals surface area contributed by atoms with Crippen LogP contribution in [0.15, 0.2) is 42.7 Å². The third-order valence-electron chi connectivity index (χ3n) is 4.15. The first-order valence-corrected chi connectivity index (χ1v) is 7.57. The summed E-state index contributed by atoms with van der Waals surface area (Å²) >= 11 is 0. The topological polar surface area (TPSA) is 75.5 Å². The van der Waals surface area contributed by atoms with Gasteiger partial charge in [0, 0.05) is 19.0 Å². The van der Waals surface area contributed by atoms with Crippen LogP contribution in [-0.4, -0.2) is 47.3 Å². The van der Waals surface area contributed by atoms with Gasteiger partial charge in [0.15, 0.2) is 5.69 Å². The van der Waals surface area contributed by atoms with Crippen molar-refractivity contribution < 1.29 is 14.6 Å². The van der Waals surface area contributed by atoms with E-state index in [0.717, 1.165) is 18.5 Å². The van der Waals surface area contributed by atoms with E-state index in [2.05, 4.69) is 14.7 Å². The highest BCUT2D eigenvalue weighted by Crippen LogP contribution is 2.30. The number of piperidine rings is 1. The molecule has 2 aromatic rings. The number of esters is 1. The number of aromatic nitrogens is 2. The zero-order valence-corrected chi connectivity index (χ0v) is 12.9. The number of nitrogens with zero attached hydrogens (tertiary/aromatic N) is 3. The lowest BCUT2D eigenvalue weighted by molar-refractivity contribution is 0.0593. The molecular weight excluding hydrogens is 294 g/mol. The third-order valence-corrected chi connectivity index (χ3v) is 4.15. The van der Waals surface area contributed by atoms with Gasteiger partial charge in [0.2, 0.25) is 0 Å². The molecule has 0 radical (unpaired) electrons. The monoisotopic (exact) mass is 313 g/mol. The first kappa shape index (κ1) is 15.4. The van der Waals surface area contributed by atoms with Crippen LogP contribution in [-0.2, 0) is 4.74 Å². The lowest BCUT2D eigenvalue weighted by atomic mass is 9.87. The molecule has 0 aliphatic carbocycles. The number of hydrogen-bond acceptors (Lipinski definition) is 6. The molecule has 1 N–H and O–H groups in total. The van der Waals surface area contributed by atoms with Crippen LogP contribution in [0.2, 0.25) is 0 Å². The summed E-state index contributed by atoms with van der Waals surface area (Å²) in [6.07, 6.45) is 3.30. The van der Waals surface area contributed by atoms with E-state index in [1.165, 1.54) is 13.3 Å². The number of β-amino-alcohol motifs (C(OH)–C–C–N with tert-alkyl or cyclic N) is 1. The molecule has 3 rings (SSSR count). The van der Waals surface area contributed by atoms with E-state index in [1.807, 2.05) is 35.2 Å². The minimum Gasteiger partial charge on any atom is -0.464 e. The van der Waals surface area contributed by atoms with E-state index in [9.17, 15) is 9.90 Å². The predicted molar refractivity (Wildman–Crippen MR) is 85.4 cm³/mol. The van der Waals surface area contributed by atoms with Crippen LogP contribution in [0.4, 0.5) is 5.82 Å². The predicted octanol–water partition coefficient (Wildman–Crippen LogP) is 1.62. The van der Waals surface area contributed by atoms with Crippen molar-refractivity contribution in [3.63, 3.8) is 0 Å². The molecule has 23 heavy (non-hydrogen) atoms. The fourth-order valence-electron chi connectivity index (χ4n) is 2.94. The summed E-state index contributed by atoms with van der Waals surface area (Å²) in [5.41, 5.74) is 1.32. The Morgan fingerprint density at radius 2 is 2.09 bits per heavy atom. The standard InChI is InChI=1S/C17H19N3O3/c1-23-17(22)14-9-18-10-16(19-14)20-8-7-13(15(21)11-20)12-5-3-2-4-6-12/h2-6,9-10,13,15,21H,7-8,11H2,1H3/t13-,15+/m0/s1. The zero-order valence-electron chi connectivity index (χ0n) is 12.9. The quantitative estimate of drug-likeness (QED) is 0.868. The molecule has 1 fully saturated rings. The van der Waals surface area contributed by atoms with Crippen molar-refractivity contribution in [3.05, 3.63) is 54.0 Å². The van der Waals surface area contributed by atoms with E-state index in [4.69, 9.17) is 0 Å². The van der Waals surface area contributed by atoms with Crippen molar-refractivity contribution in [3.8, 4) is 0 Å². The molecule has 2 atom stereocenters. The first-order chi connectivity index (χ1) is 11.2. The van der Waals surface area contributed by atoms with Gasteiger partial charge in [-0.25, -0.2) is 9.78 Å². The van der Waals surface area contributed by atoms with Gasteiger partial charge in [0.25, 0.3) is 0 Å². The molecule has 0 spiro atoms. The molecular formula is C17H19N3O3. The van der Waals surface area contributed by atoms with Crippen LogP contribution in [0.1, 0.15) is 28.4 Å². The van der Waals surface area contributed by atoms with Crippen LogP contribution in [0, 0.1) is 0 Å². The number of rotatable bonds is 3. The minimum absolute atomic E-state index is 0.115. The van der Waals surface area contributed by atoms with Crippen molar-refractivity contribution in [2.24, 2.45) is 0 Å². The van der Waals surface area contributed by atoms with E-state index in [0.29, 0.717) is 12.4 Å². The van der Waals surface area contributed by atoms with Gasteiger partial charge < -0.3 is 14.7 Å². The van der Waals surface area contributed by atoms with Crippen molar-refractivity contribution >= 4 is 11.8 Å². The number of benzene rings is 1.